The van der Waals surface area contributed by atoms with Gasteiger partial charge in [-0.25, -0.2) is 4.98 Å². The van der Waals surface area contributed by atoms with Crippen molar-refractivity contribution in [3.8, 4) is 23.3 Å². The number of rotatable bonds is 5. The van der Waals surface area contributed by atoms with Crippen molar-refractivity contribution in [2.45, 2.75) is 0 Å². The zero-order valence-electron chi connectivity index (χ0n) is 16.2. The molecule has 0 aliphatic heterocycles. The highest BCUT2D eigenvalue weighted by atomic mass is 16.5. The van der Waals surface area contributed by atoms with Gasteiger partial charge < -0.3 is 14.8 Å². The molecule has 0 bridgehead atoms. The smallest absolute Gasteiger partial charge is 0.248 e. The second-order valence-corrected chi connectivity index (χ2v) is 5.98. The lowest BCUT2D eigenvalue weighted by Gasteiger charge is -2.07. The van der Waals surface area contributed by atoms with E-state index in [-0.39, 0.29) is 5.91 Å². The molecule has 0 aliphatic rings. The molecule has 144 valence electrons. The van der Waals surface area contributed by atoms with Crippen LogP contribution in [0.2, 0.25) is 0 Å². The van der Waals surface area contributed by atoms with Gasteiger partial charge in [0.15, 0.2) is 11.5 Å². The van der Waals surface area contributed by atoms with Crippen LogP contribution >= 0.6 is 0 Å². The number of anilines is 1. The van der Waals surface area contributed by atoms with Gasteiger partial charge in [-0.05, 0) is 60.0 Å². The summed E-state index contributed by atoms with van der Waals surface area (Å²) in [6.45, 7) is 0. The summed E-state index contributed by atoms with van der Waals surface area (Å²) in [5.41, 5.74) is 2.98. The first-order chi connectivity index (χ1) is 14.2. The minimum absolute atomic E-state index is 0.241. The summed E-state index contributed by atoms with van der Waals surface area (Å²) in [6.07, 6.45) is 4.88. The highest BCUT2D eigenvalue weighted by Gasteiger charge is 2.03. The molecule has 29 heavy (non-hydrogen) atoms. The lowest BCUT2D eigenvalue weighted by Crippen LogP contribution is -2.07. The Morgan fingerprint density at radius 2 is 1.83 bits per heavy atom. The number of pyridine rings is 1. The number of amides is 1. The van der Waals surface area contributed by atoms with Crippen LogP contribution in [0.15, 0.2) is 72.9 Å². The van der Waals surface area contributed by atoms with E-state index in [1.807, 2.05) is 48.5 Å². The molecular weight excluding hydrogens is 364 g/mol. The number of hydrogen-bond donors (Lipinski definition) is 1. The van der Waals surface area contributed by atoms with E-state index in [4.69, 9.17) is 9.47 Å². The number of nitrogens with zero attached hydrogens (tertiary/aromatic N) is 1. The van der Waals surface area contributed by atoms with E-state index in [9.17, 15) is 4.79 Å². The fourth-order valence-electron chi connectivity index (χ4n) is 2.56. The number of ether oxygens (including phenoxy) is 2. The molecule has 0 fully saturated rings. The summed E-state index contributed by atoms with van der Waals surface area (Å²) >= 11 is 0. The normalized spacial score (nSPS) is 10.1. The third-order valence-corrected chi connectivity index (χ3v) is 3.96. The largest absolute Gasteiger partial charge is 0.493 e. The number of aromatic nitrogens is 1. The second-order valence-electron chi connectivity index (χ2n) is 5.98. The lowest BCUT2D eigenvalue weighted by atomic mass is 10.1. The maximum atomic E-state index is 12.3. The van der Waals surface area contributed by atoms with Crippen molar-refractivity contribution in [3.63, 3.8) is 0 Å². The van der Waals surface area contributed by atoms with Gasteiger partial charge in [-0.15, -0.1) is 0 Å². The topological polar surface area (TPSA) is 60.5 Å². The molecule has 2 aromatic carbocycles. The fourth-order valence-corrected chi connectivity index (χ4v) is 2.56. The van der Waals surface area contributed by atoms with Crippen molar-refractivity contribution in [2.24, 2.45) is 0 Å². The molecule has 1 N–H and O–H groups in total. The van der Waals surface area contributed by atoms with Crippen molar-refractivity contribution in [3.05, 3.63) is 89.8 Å². The Morgan fingerprint density at radius 3 is 2.59 bits per heavy atom. The highest BCUT2D eigenvalue weighted by molar-refractivity contribution is 6.02. The number of methoxy groups -OCH3 is 2. The molecule has 0 saturated carbocycles. The van der Waals surface area contributed by atoms with Crippen LogP contribution in [-0.2, 0) is 4.79 Å². The summed E-state index contributed by atoms with van der Waals surface area (Å²) in [4.78, 5) is 16.4. The molecule has 0 radical (unpaired) electrons. The van der Waals surface area contributed by atoms with Crippen LogP contribution in [0.4, 0.5) is 5.69 Å². The van der Waals surface area contributed by atoms with Gasteiger partial charge in [-0.1, -0.05) is 24.1 Å². The quantitative estimate of drug-likeness (QED) is 0.530. The molecule has 3 aromatic rings. The maximum Gasteiger partial charge on any atom is 0.248 e. The zero-order chi connectivity index (χ0) is 20.5. The van der Waals surface area contributed by atoms with Crippen molar-refractivity contribution in [2.75, 3.05) is 19.5 Å². The number of benzene rings is 2. The van der Waals surface area contributed by atoms with Gasteiger partial charge >= 0.3 is 0 Å². The van der Waals surface area contributed by atoms with Crippen LogP contribution in [0, 0.1) is 11.8 Å². The van der Waals surface area contributed by atoms with Crippen LogP contribution in [-0.4, -0.2) is 25.1 Å². The van der Waals surface area contributed by atoms with Crippen LogP contribution in [0.25, 0.3) is 6.08 Å². The fraction of sp³-hybridized carbons (Fsp3) is 0.0833. The molecule has 1 heterocycles. The van der Waals surface area contributed by atoms with E-state index >= 15 is 0 Å². The van der Waals surface area contributed by atoms with Gasteiger partial charge in [-0.2, -0.15) is 0 Å². The summed E-state index contributed by atoms with van der Waals surface area (Å²) in [6, 6.07) is 18.4. The summed E-state index contributed by atoms with van der Waals surface area (Å²) in [7, 11) is 3.15. The molecule has 5 nitrogen and oxygen atoms in total. The third kappa shape index (κ3) is 5.72. The van der Waals surface area contributed by atoms with Crippen LogP contribution in [0.3, 0.4) is 0 Å². The number of nitrogens with one attached hydrogen (secondary N) is 1. The van der Waals surface area contributed by atoms with Gasteiger partial charge in [0.25, 0.3) is 0 Å². The van der Waals surface area contributed by atoms with E-state index in [2.05, 4.69) is 22.1 Å². The second kappa shape index (κ2) is 9.77. The van der Waals surface area contributed by atoms with Crippen molar-refractivity contribution in [1.82, 2.24) is 4.98 Å². The maximum absolute atomic E-state index is 12.3. The predicted octanol–water partition coefficient (Wildman–Crippen LogP) is 4.15. The highest BCUT2D eigenvalue weighted by Crippen LogP contribution is 2.27. The molecule has 0 unspecified atom stereocenters. The van der Waals surface area contributed by atoms with Crippen molar-refractivity contribution < 1.29 is 14.3 Å². The molecule has 1 aromatic heterocycles. The molecule has 0 spiro atoms. The molecule has 1 amide bonds. The minimum atomic E-state index is -0.241. The van der Waals surface area contributed by atoms with Crippen LogP contribution in [0.5, 0.6) is 11.5 Å². The molecule has 3 rings (SSSR count). The first kappa shape index (κ1) is 19.7. The Kier molecular flexibility index (Phi) is 6.64. The van der Waals surface area contributed by atoms with Crippen LogP contribution < -0.4 is 14.8 Å². The Labute approximate surface area is 170 Å². The number of carbonyl (C=O) groups is 1. The van der Waals surface area contributed by atoms with Crippen LogP contribution in [0.1, 0.15) is 16.8 Å². The molecule has 0 saturated heterocycles. The van der Waals surface area contributed by atoms with E-state index < -0.39 is 0 Å². The first-order valence-electron chi connectivity index (χ1n) is 8.92. The predicted molar refractivity (Wildman–Crippen MR) is 114 cm³/mol. The van der Waals surface area contributed by atoms with E-state index in [1.165, 1.54) is 6.08 Å². The minimum Gasteiger partial charge on any atom is -0.493 e. The average Bonchev–Trinajstić information content (AvgIpc) is 2.77. The Balaban J connectivity index is 1.67. The van der Waals surface area contributed by atoms with Gasteiger partial charge in [0.2, 0.25) is 5.91 Å². The van der Waals surface area contributed by atoms with Gasteiger partial charge in [-0.3, -0.25) is 4.79 Å². The van der Waals surface area contributed by atoms with Crippen molar-refractivity contribution >= 4 is 17.7 Å². The number of carbonyl (C=O) groups excluding carboxylic acids is 1. The lowest BCUT2D eigenvalue weighted by molar-refractivity contribution is -0.111. The van der Waals surface area contributed by atoms with E-state index in [1.54, 1.807) is 38.6 Å². The summed E-state index contributed by atoms with van der Waals surface area (Å²) in [5, 5.41) is 2.84. The molecular formula is C24H20N2O3. The van der Waals surface area contributed by atoms with Gasteiger partial charge in [0.1, 0.15) is 5.69 Å². The van der Waals surface area contributed by atoms with E-state index in [0.717, 1.165) is 11.1 Å². The van der Waals surface area contributed by atoms with Gasteiger partial charge in [0.05, 0.1) is 14.2 Å². The molecule has 0 atom stereocenters. The standard InChI is InChI=1S/C24H20N2O3/c1-28-22-13-10-19(17-23(22)29-2)11-14-24(27)26-21-8-5-6-18(16-21)9-12-20-7-3-4-15-25-20/h3-8,10-11,13-17H,1-2H3,(H,26,27)/b14-11+. The Morgan fingerprint density at radius 1 is 0.966 bits per heavy atom. The Hall–Kier alpha value is -4.04. The molecule has 5 heteroatoms. The number of hydrogen-bond acceptors (Lipinski definition) is 4. The summed E-state index contributed by atoms with van der Waals surface area (Å²) < 4.78 is 10.5. The SMILES string of the molecule is COc1ccc(/C=C/C(=O)Nc2cccc(C#Cc3ccccn3)c2)cc1OC. The zero-order valence-corrected chi connectivity index (χ0v) is 16.2. The average molecular weight is 384 g/mol. The van der Waals surface area contributed by atoms with Crippen molar-refractivity contribution in [1.29, 1.82) is 0 Å². The molecule has 0 aliphatic carbocycles. The third-order valence-electron chi connectivity index (χ3n) is 3.96. The Bertz CT molecular complexity index is 1080. The van der Waals surface area contributed by atoms with E-state index in [0.29, 0.717) is 22.9 Å². The summed E-state index contributed by atoms with van der Waals surface area (Å²) in [5.74, 6) is 7.05. The monoisotopic (exact) mass is 384 g/mol. The first-order valence-corrected chi connectivity index (χ1v) is 8.92. The van der Waals surface area contributed by atoms with Gasteiger partial charge in [0, 0.05) is 23.5 Å².